The van der Waals surface area contributed by atoms with Gasteiger partial charge in [-0.3, -0.25) is 19.5 Å². The minimum absolute atomic E-state index is 0.222. The van der Waals surface area contributed by atoms with Crippen LogP contribution in [0, 0.1) is 10.1 Å². The van der Waals surface area contributed by atoms with Gasteiger partial charge in [0.05, 0.1) is 21.2 Å². The average molecular weight is 516 g/mol. The molecule has 1 aliphatic carbocycles. The molecule has 0 unspecified atom stereocenters. The van der Waals surface area contributed by atoms with Gasteiger partial charge in [-0.25, -0.2) is 4.99 Å². The molecule has 0 saturated carbocycles. The van der Waals surface area contributed by atoms with Gasteiger partial charge in [-0.2, -0.15) is 0 Å². The Bertz CT molecular complexity index is 1770. The maximum atomic E-state index is 13.7. The SMILES string of the molecule is O=c1/c(=C\c2ccc(O)c([N+](=O)[O-])c2)sc2n1[C@H](c1ccc(Cl)cc1)C1=C(N=2)c2ccccc2CC1. The van der Waals surface area contributed by atoms with Gasteiger partial charge in [0, 0.05) is 16.7 Å². The van der Waals surface area contributed by atoms with Gasteiger partial charge >= 0.3 is 5.69 Å². The number of nitro benzene ring substituents is 1. The van der Waals surface area contributed by atoms with Crippen molar-refractivity contribution in [2.45, 2.75) is 18.9 Å². The van der Waals surface area contributed by atoms with Crippen LogP contribution in [0.15, 0.2) is 82.1 Å². The largest absolute Gasteiger partial charge is 0.502 e. The van der Waals surface area contributed by atoms with E-state index in [-0.39, 0.29) is 11.6 Å². The molecule has 1 N–H and O–H groups in total. The highest BCUT2D eigenvalue weighted by Gasteiger charge is 2.32. The molecule has 9 heteroatoms. The Morgan fingerprint density at radius 2 is 1.89 bits per heavy atom. The van der Waals surface area contributed by atoms with Crippen molar-refractivity contribution in [2.75, 3.05) is 0 Å². The topological polar surface area (TPSA) is 97.7 Å². The Morgan fingerprint density at radius 1 is 1.11 bits per heavy atom. The molecule has 178 valence electrons. The molecule has 6 rings (SSSR count). The molecule has 7 nitrogen and oxygen atoms in total. The van der Waals surface area contributed by atoms with Crippen LogP contribution in [0.25, 0.3) is 11.8 Å². The Hall–Kier alpha value is -4.01. The number of halogens is 1. The maximum absolute atomic E-state index is 13.7. The highest BCUT2D eigenvalue weighted by molar-refractivity contribution is 7.07. The fourth-order valence-electron chi connectivity index (χ4n) is 4.90. The van der Waals surface area contributed by atoms with E-state index in [4.69, 9.17) is 16.6 Å². The standard InChI is InChI=1S/C27H18ClN3O4S/c28-18-9-6-17(7-10-18)25-20-11-8-16-3-1-2-4-19(16)24(20)29-27-30(25)26(33)23(36-27)14-15-5-12-22(32)21(13-15)31(34)35/h1-7,9-10,12-14,25,32H,8,11H2/b23-14+/t25-/m1/s1. The molecular weight excluding hydrogens is 498 g/mol. The zero-order valence-electron chi connectivity index (χ0n) is 18.7. The lowest BCUT2D eigenvalue weighted by atomic mass is 9.83. The average Bonchev–Trinajstić information content (AvgIpc) is 3.18. The molecule has 0 amide bonds. The lowest BCUT2D eigenvalue weighted by molar-refractivity contribution is -0.385. The lowest BCUT2D eigenvalue weighted by Gasteiger charge is -2.30. The summed E-state index contributed by atoms with van der Waals surface area (Å²) in [6.07, 6.45) is 3.24. The first-order valence-electron chi connectivity index (χ1n) is 11.3. The van der Waals surface area contributed by atoms with Crippen LogP contribution < -0.4 is 14.9 Å². The molecule has 36 heavy (non-hydrogen) atoms. The number of hydrogen-bond donors (Lipinski definition) is 1. The Balaban J connectivity index is 1.60. The monoisotopic (exact) mass is 515 g/mol. The van der Waals surface area contributed by atoms with Crippen LogP contribution in [0.3, 0.4) is 0 Å². The Labute approximate surface area is 213 Å². The van der Waals surface area contributed by atoms with E-state index in [0.29, 0.717) is 19.9 Å². The van der Waals surface area contributed by atoms with Crippen molar-refractivity contribution in [1.29, 1.82) is 0 Å². The summed E-state index contributed by atoms with van der Waals surface area (Å²) in [5.41, 5.74) is 5.02. The highest BCUT2D eigenvalue weighted by Crippen LogP contribution is 2.41. The zero-order chi connectivity index (χ0) is 25.0. The van der Waals surface area contributed by atoms with E-state index >= 15 is 0 Å². The van der Waals surface area contributed by atoms with Gasteiger partial charge in [-0.15, -0.1) is 0 Å². The number of aromatic nitrogens is 1. The van der Waals surface area contributed by atoms with E-state index < -0.39 is 16.4 Å². The van der Waals surface area contributed by atoms with Crippen molar-refractivity contribution in [2.24, 2.45) is 4.99 Å². The highest BCUT2D eigenvalue weighted by atomic mass is 35.5. The quantitative estimate of drug-likeness (QED) is 0.319. The van der Waals surface area contributed by atoms with Crippen molar-refractivity contribution in [3.8, 4) is 5.75 Å². The van der Waals surface area contributed by atoms with Gasteiger partial charge in [0.2, 0.25) is 0 Å². The van der Waals surface area contributed by atoms with E-state index in [9.17, 15) is 20.0 Å². The van der Waals surface area contributed by atoms with Crippen LogP contribution in [0.2, 0.25) is 5.02 Å². The van der Waals surface area contributed by atoms with E-state index in [1.165, 1.54) is 29.0 Å². The van der Waals surface area contributed by atoms with Crippen molar-refractivity contribution in [1.82, 2.24) is 4.57 Å². The summed E-state index contributed by atoms with van der Waals surface area (Å²) in [5.74, 6) is -0.423. The maximum Gasteiger partial charge on any atom is 0.311 e. The number of allylic oxidation sites excluding steroid dienone is 1. The summed E-state index contributed by atoms with van der Waals surface area (Å²) >= 11 is 7.40. The van der Waals surface area contributed by atoms with Crippen LogP contribution in [0.5, 0.6) is 5.75 Å². The minimum Gasteiger partial charge on any atom is -0.502 e. The number of benzene rings is 3. The van der Waals surface area contributed by atoms with Crippen molar-refractivity contribution in [3.05, 3.63) is 129 Å². The second kappa shape index (κ2) is 8.58. The molecule has 0 radical (unpaired) electrons. The van der Waals surface area contributed by atoms with E-state index in [1.54, 1.807) is 16.7 Å². The summed E-state index contributed by atoms with van der Waals surface area (Å²) in [5, 5.41) is 21.7. The van der Waals surface area contributed by atoms with Gasteiger partial charge in [0.25, 0.3) is 5.56 Å². The first-order chi connectivity index (χ1) is 17.4. The summed E-state index contributed by atoms with van der Waals surface area (Å²) in [7, 11) is 0. The van der Waals surface area contributed by atoms with Crippen molar-refractivity contribution in [3.63, 3.8) is 0 Å². The normalized spacial score (nSPS) is 16.7. The number of aromatic hydroxyl groups is 1. The smallest absolute Gasteiger partial charge is 0.311 e. The number of thiazole rings is 1. The molecule has 0 saturated heterocycles. The van der Waals surface area contributed by atoms with Crippen LogP contribution in [-0.4, -0.2) is 14.6 Å². The summed E-state index contributed by atoms with van der Waals surface area (Å²) in [6.45, 7) is 0. The fraction of sp³-hybridized carbons (Fsp3) is 0.111. The molecule has 3 aromatic carbocycles. The molecule has 0 bridgehead atoms. The molecule has 1 atom stereocenters. The molecule has 0 fully saturated rings. The first-order valence-corrected chi connectivity index (χ1v) is 12.5. The van der Waals surface area contributed by atoms with Gasteiger partial charge < -0.3 is 5.11 Å². The number of hydrogen-bond acceptors (Lipinski definition) is 6. The Kier molecular flexibility index (Phi) is 5.35. The fourth-order valence-corrected chi connectivity index (χ4v) is 6.02. The van der Waals surface area contributed by atoms with Gasteiger partial charge in [0.1, 0.15) is 0 Å². The third-order valence-corrected chi connectivity index (χ3v) is 7.79. The number of nitro groups is 1. The first kappa shape index (κ1) is 22.5. The van der Waals surface area contributed by atoms with Crippen LogP contribution in [0.4, 0.5) is 5.69 Å². The van der Waals surface area contributed by atoms with Crippen LogP contribution in [0.1, 0.15) is 34.7 Å². The van der Waals surface area contributed by atoms with Gasteiger partial charge in [-0.1, -0.05) is 65.4 Å². The third kappa shape index (κ3) is 3.66. The summed E-state index contributed by atoms with van der Waals surface area (Å²) < 4.78 is 2.11. The van der Waals surface area contributed by atoms with E-state index in [0.717, 1.165) is 35.2 Å². The Morgan fingerprint density at radius 3 is 2.67 bits per heavy atom. The van der Waals surface area contributed by atoms with Crippen LogP contribution >= 0.6 is 22.9 Å². The van der Waals surface area contributed by atoms with Crippen molar-refractivity contribution >= 4 is 40.4 Å². The van der Waals surface area contributed by atoms with E-state index in [2.05, 4.69) is 12.1 Å². The molecule has 1 aliphatic heterocycles. The molecule has 0 spiro atoms. The number of phenolic OH excluding ortho intramolecular Hbond substituents is 1. The summed E-state index contributed by atoms with van der Waals surface area (Å²) in [6, 6.07) is 19.4. The molecule has 2 aliphatic rings. The predicted octanol–water partition coefficient (Wildman–Crippen LogP) is 4.59. The molecule has 1 aromatic heterocycles. The van der Waals surface area contributed by atoms with Gasteiger partial charge in [-0.05, 0) is 59.4 Å². The second-order valence-electron chi connectivity index (χ2n) is 8.67. The second-order valence-corrected chi connectivity index (χ2v) is 10.1. The van der Waals surface area contributed by atoms with Gasteiger partial charge in [0.15, 0.2) is 10.6 Å². The predicted molar refractivity (Wildman–Crippen MR) is 139 cm³/mol. The molecule has 4 aromatic rings. The van der Waals surface area contributed by atoms with E-state index in [1.807, 2.05) is 36.4 Å². The van der Waals surface area contributed by atoms with Crippen LogP contribution in [-0.2, 0) is 6.42 Å². The minimum atomic E-state index is -0.652. The number of nitrogens with zero attached hydrogens (tertiary/aromatic N) is 3. The number of rotatable bonds is 3. The number of phenols is 1. The number of aryl methyl sites for hydroxylation is 1. The summed E-state index contributed by atoms with van der Waals surface area (Å²) in [4.78, 5) is 29.8. The molecular formula is C27H18ClN3O4S. The zero-order valence-corrected chi connectivity index (χ0v) is 20.3. The molecule has 2 heterocycles. The lowest BCUT2D eigenvalue weighted by Crippen LogP contribution is -2.38. The number of fused-ring (bicyclic) bond motifs is 3. The van der Waals surface area contributed by atoms with Crippen molar-refractivity contribution < 1.29 is 10.0 Å². The third-order valence-electron chi connectivity index (χ3n) is 6.55.